The van der Waals surface area contributed by atoms with Crippen LogP contribution in [0.15, 0.2) is 12.4 Å². The molecule has 112 valence electrons. The van der Waals surface area contributed by atoms with Crippen LogP contribution in [0, 0.1) is 0 Å². The number of nitrogens with zero attached hydrogens (tertiary/aromatic N) is 3. The summed E-state index contributed by atoms with van der Waals surface area (Å²) in [4.78, 5) is 11.0. The quantitative estimate of drug-likeness (QED) is 0.865. The lowest BCUT2D eigenvalue weighted by molar-refractivity contribution is 0.325. The summed E-state index contributed by atoms with van der Waals surface area (Å²) in [6.45, 7) is 9.04. The summed E-state index contributed by atoms with van der Waals surface area (Å²) in [5.74, 6) is 1.65. The molecule has 5 nitrogen and oxygen atoms in total. The third-order valence-electron chi connectivity index (χ3n) is 3.60. The first-order chi connectivity index (χ1) is 9.70. The minimum Gasteiger partial charge on any atom is -0.478 e. The standard InChI is InChI=1S/C15H26N4O/c1-4-20-15-9-14(17-11-18-15)19-8-6-5-7-13(19)10-16-12(2)3/h9,11-13,16H,4-8,10H2,1-3H3. The van der Waals surface area contributed by atoms with Gasteiger partial charge in [0.15, 0.2) is 0 Å². The van der Waals surface area contributed by atoms with Gasteiger partial charge >= 0.3 is 0 Å². The maximum absolute atomic E-state index is 5.48. The highest BCUT2D eigenvalue weighted by atomic mass is 16.5. The van der Waals surface area contributed by atoms with Crippen molar-refractivity contribution in [3.05, 3.63) is 12.4 Å². The molecule has 20 heavy (non-hydrogen) atoms. The predicted octanol–water partition coefficient (Wildman–Crippen LogP) is 2.23. The largest absolute Gasteiger partial charge is 0.478 e. The summed E-state index contributed by atoms with van der Waals surface area (Å²) >= 11 is 0. The fourth-order valence-corrected chi connectivity index (χ4v) is 2.60. The highest BCUT2D eigenvalue weighted by Gasteiger charge is 2.24. The number of aromatic nitrogens is 2. The van der Waals surface area contributed by atoms with E-state index in [0.717, 1.165) is 18.9 Å². The molecule has 1 aliphatic heterocycles. The maximum Gasteiger partial charge on any atom is 0.218 e. The molecule has 1 N–H and O–H groups in total. The molecule has 0 aromatic carbocycles. The molecule has 1 atom stereocenters. The van der Waals surface area contributed by atoms with Crippen molar-refractivity contribution in [2.24, 2.45) is 0 Å². The van der Waals surface area contributed by atoms with Gasteiger partial charge in [0.05, 0.1) is 6.61 Å². The molecule has 5 heteroatoms. The molecule has 1 aromatic heterocycles. The van der Waals surface area contributed by atoms with Crippen molar-refractivity contribution in [3.63, 3.8) is 0 Å². The number of hydrogen-bond acceptors (Lipinski definition) is 5. The van der Waals surface area contributed by atoms with Crippen LogP contribution in [0.25, 0.3) is 0 Å². The van der Waals surface area contributed by atoms with E-state index in [1.807, 2.05) is 13.0 Å². The summed E-state index contributed by atoms with van der Waals surface area (Å²) in [5.41, 5.74) is 0. The fourth-order valence-electron chi connectivity index (χ4n) is 2.60. The second-order valence-corrected chi connectivity index (χ2v) is 5.55. The van der Waals surface area contributed by atoms with Crippen LogP contribution >= 0.6 is 0 Å². The van der Waals surface area contributed by atoms with E-state index in [0.29, 0.717) is 24.6 Å². The molecule has 2 rings (SSSR count). The van der Waals surface area contributed by atoms with Crippen molar-refractivity contribution in [2.45, 2.75) is 52.1 Å². The zero-order valence-corrected chi connectivity index (χ0v) is 12.8. The third-order valence-corrected chi connectivity index (χ3v) is 3.60. The molecule has 1 aromatic rings. The van der Waals surface area contributed by atoms with Crippen LogP contribution in [0.5, 0.6) is 5.88 Å². The van der Waals surface area contributed by atoms with E-state index in [9.17, 15) is 0 Å². The van der Waals surface area contributed by atoms with Crippen LogP contribution in [0.2, 0.25) is 0 Å². The van der Waals surface area contributed by atoms with E-state index in [1.54, 1.807) is 6.33 Å². The number of hydrogen-bond donors (Lipinski definition) is 1. The van der Waals surface area contributed by atoms with Crippen molar-refractivity contribution in [2.75, 3.05) is 24.6 Å². The Morgan fingerprint density at radius 2 is 2.25 bits per heavy atom. The van der Waals surface area contributed by atoms with Crippen LogP contribution < -0.4 is 15.0 Å². The summed E-state index contributed by atoms with van der Waals surface area (Å²) in [5, 5.41) is 3.54. The van der Waals surface area contributed by atoms with Gasteiger partial charge in [-0.2, -0.15) is 0 Å². The Kier molecular flexibility index (Phi) is 5.59. The molecule has 0 bridgehead atoms. The van der Waals surface area contributed by atoms with Gasteiger partial charge in [0.1, 0.15) is 12.1 Å². The molecule has 1 aliphatic rings. The highest BCUT2D eigenvalue weighted by molar-refractivity contribution is 5.42. The average Bonchev–Trinajstić information content (AvgIpc) is 2.46. The number of nitrogens with one attached hydrogen (secondary N) is 1. The molecule has 1 fully saturated rings. The minimum absolute atomic E-state index is 0.510. The summed E-state index contributed by atoms with van der Waals surface area (Å²) in [6, 6.07) is 2.98. The molecule has 0 spiro atoms. The molecular formula is C15H26N4O. The van der Waals surface area contributed by atoms with E-state index >= 15 is 0 Å². The van der Waals surface area contributed by atoms with Gasteiger partial charge in [-0.3, -0.25) is 0 Å². The van der Waals surface area contributed by atoms with Crippen molar-refractivity contribution in [1.82, 2.24) is 15.3 Å². The Bertz CT molecular complexity index is 411. The number of ether oxygens (including phenoxy) is 1. The fraction of sp³-hybridized carbons (Fsp3) is 0.733. The Labute approximate surface area is 121 Å². The van der Waals surface area contributed by atoms with Gasteiger partial charge in [0, 0.05) is 31.2 Å². The molecule has 2 heterocycles. The molecule has 1 saturated heterocycles. The molecule has 1 unspecified atom stereocenters. The van der Waals surface area contributed by atoms with Crippen LogP contribution in [0.3, 0.4) is 0 Å². The number of anilines is 1. The van der Waals surface area contributed by atoms with Crippen LogP contribution in [0.1, 0.15) is 40.0 Å². The Balaban J connectivity index is 2.08. The summed E-state index contributed by atoms with van der Waals surface area (Å²) in [7, 11) is 0. The SMILES string of the molecule is CCOc1cc(N2CCCCC2CNC(C)C)ncn1. The smallest absolute Gasteiger partial charge is 0.218 e. The van der Waals surface area contributed by atoms with Crippen molar-refractivity contribution >= 4 is 5.82 Å². The van der Waals surface area contributed by atoms with Gasteiger partial charge in [-0.1, -0.05) is 13.8 Å². The first-order valence-electron chi connectivity index (χ1n) is 7.65. The molecular weight excluding hydrogens is 252 g/mol. The molecule has 0 amide bonds. The normalized spacial score (nSPS) is 19.4. The Morgan fingerprint density at radius 1 is 1.40 bits per heavy atom. The zero-order valence-electron chi connectivity index (χ0n) is 12.8. The van der Waals surface area contributed by atoms with E-state index in [1.165, 1.54) is 19.3 Å². The van der Waals surface area contributed by atoms with Crippen molar-refractivity contribution in [1.29, 1.82) is 0 Å². The topological polar surface area (TPSA) is 50.3 Å². The van der Waals surface area contributed by atoms with Crippen LogP contribution in [-0.4, -0.2) is 41.7 Å². The lowest BCUT2D eigenvalue weighted by Gasteiger charge is -2.37. The lowest BCUT2D eigenvalue weighted by Crippen LogP contribution is -2.47. The second-order valence-electron chi connectivity index (χ2n) is 5.55. The zero-order chi connectivity index (χ0) is 14.4. The first kappa shape index (κ1) is 15.0. The second kappa shape index (κ2) is 7.43. The molecule has 0 aliphatic carbocycles. The minimum atomic E-state index is 0.510. The number of rotatable bonds is 6. The van der Waals surface area contributed by atoms with E-state index in [2.05, 4.69) is 34.0 Å². The van der Waals surface area contributed by atoms with E-state index in [-0.39, 0.29) is 0 Å². The lowest BCUT2D eigenvalue weighted by atomic mass is 10.0. The third kappa shape index (κ3) is 4.07. The van der Waals surface area contributed by atoms with Gasteiger partial charge in [-0.05, 0) is 26.2 Å². The van der Waals surface area contributed by atoms with Gasteiger partial charge in [0.25, 0.3) is 0 Å². The van der Waals surface area contributed by atoms with Gasteiger partial charge in [-0.25, -0.2) is 9.97 Å². The average molecular weight is 278 g/mol. The van der Waals surface area contributed by atoms with E-state index in [4.69, 9.17) is 4.74 Å². The highest BCUT2D eigenvalue weighted by Crippen LogP contribution is 2.24. The van der Waals surface area contributed by atoms with Crippen LogP contribution in [-0.2, 0) is 0 Å². The Hall–Kier alpha value is -1.36. The monoisotopic (exact) mass is 278 g/mol. The first-order valence-corrected chi connectivity index (χ1v) is 7.65. The van der Waals surface area contributed by atoms with Crippen LogP contribution in [0.4, 0.5) is 5.82 Å². The predicted molar refractivity (Wildman–Crippen MR) is 81.3 cm³/mol. The number of piperidine rings is 1. The maximum atomic E-state index is 5.48. The summed E-state index contributed by atoms with van der Waals surface area (Å²) < 4.78 is 5.48. The van der Waals surface area contributed by atoms with Crippen molar-refractivity contribution in [3.8, 4) is 5.88 Å². The summed E-state index contributed by atoms with van der Waals surface area (Å²) in [6.07, 6.45) is 5.34. The Morgan fingerprint density at radius 3 is 3.00 bits per heavy atom. The van der Waals surface area contributed by atoms with Gasteiger partial charge in [-0.15, -0.1) is 0 Å². The molecule has 0 radical (unpaired) electrons. The van der Waals surface area contributed by atoms with Crippen molar-refractivity contribution < 1.29 is 4.74 Å². The van der Waals surface area contributed by atoms with E-state index < -0.39 is 0 Å². The molecule has 0 saturated carbocycles. The van der Waals surface area contributed by atoms with Gasteiger partial charge in [0.2, 0.25) is 5.88 Å². The van der Waals surface area contributed by atoms with Gasteiger partial charge < -0.3 is 15.0 Å².